The smallest absolute Gasteiger partial charge is 0.276 e. The van der Waals surface area contributed by atoms with Crippen LogP contribution in [0.15, 0.2) is 11.1 Å². The highest BCUT2D eigenvalue weighted by atomic mass is 127. The predicted molar refractivity (Wildman–Crippen MR) is 60.1 cm³/mol. The number of anilines is 1. The third kappa shape index (κ3) is 3.38. The molecule has 8 heteroatoms. The Hall–Kier alpha value is -0.770. The van der Waals surface area contributed by atoms with E-state index in [4.69, 9.17) is 5.73 Å². The second-order valence-corrected chi connectivity index (χ2v) is 3.89. The Morgan fingerprint density at radius 1 is 1.67 bits per heavy atom. The number of rotatable bonds is 4. The summed E-state index contributed by atoms with van der Waals surface area (Å²) >= 11 is 1.72. The maximum absolute atomic E-state index is 12.8. The number of aromatic amines is 1. The second-order valence-electron chi connectivity index (χ2n) is 2.81. The van der Waals surface area contributed by atoms with Gasteiger partial charge in [0.05, 0.1) is 19.4 Å². The van der Waals surface area contributed by atoms with Crippen LogP contribution in [-0.2, 0) is 0 Å². The molecule has 0 amide bonds. The molecule has 1 aromatic rings. The van der Waals surface area contributed by atoms with Gasteiger partial charge in [0.1, 0.15) is 9.39 Å². The van der Waals surface area contributed by atoms with Crippen LogP contribution in [0.3, 0.4) is 0 Å². The van der Waals surface area contributed by atoms with E-state index in [1.165, 1.54) is 0 Å². The van der Waals surface area contributed by atoms with E-state index in [-0.39, 0.29) is 14.9 Å². The molecule has 1 aromatic heterocycles. The summed E-state index contributed by atoms with van der Waals surface area (Å²) in [6.45, 7) is -1.39. The first kappa shape index (κ1) is 12.3. The molecule has 0 bridgehead atoms. The van der Waals surface area contributed by atoms with Crippen molar-refractivity contribution in [2.45, 2.75) is 5.92 Å². The molecule has 1 rings (SSSR count). The average Bonchev–Trinajstić information content (AvgIpc) is 2.20. The fourth-order valence-electron chi connectivity index (χ4n) is 0.791. The van der Waals surface area contributed by atoms with Crippen LogP contribution >= 0.6 is 22.6 Å². The van der Waals surface area contributed by atoms with Crippen LogP contribution < -0.4 is 16.6 Å². The highest BCUT2D eigenvalue weighted by Crippen LogP contribution is 2.14. The van der Waals surface area contributed by atoms with Gasteiger partial charge in [-0.1, -0.05) is 0 Å². The molecule has 0 aliphatic heterocycles. The predicted octanol–water partition coefficient (Wildman–Crippen LogP) is 0.380. The van der Waals surface area contributed by atoms with E-state index in [0.717, 1.165) is 6.33 Å². The molecule has 0 saturated heterocycles. The van der Waals surface area contributed by atoms with Gasteiger partial charge in [0.15, 0.2) is 0 Å². The lowest BCUT2D eigenvalue weighted by atomic mass is 10.3. The normalized spacial score (nSPS) is 11.5. The summed E-state index contributed by atoms with van der Waals surface area (Å²) < 4.78 is 25.8. The third-order valence-electron chi connectivity index (χ3n) is 1.61. The van der Waals surface area contributed by atoms with Crippen LogP contribution in [0.2, 0.25) is 0 Å². The number of nitrogens with zero attached hydrogens (tertiary/aromatic N) is 1. The fourth-order valence-corrected chi connectivity index (χ4v) is 1.28. The molecule has 0 aromatic carbocycles. The SMILES string of the molecule is NCC(F)(F)CNc1nc[nH]c(=O)c1I. The fraction of sp³-hybridized carbons (Fsp3) is 0.429. The van der Waals surface area contributed by atoms with Gasteiger partial charge in [-0.25, -0.2) is 13.8 Å². The molecule has 15 heavy (non-hydrogen) atoms. The number of nitrogens with two attached hydrogens (primary N) is 1. The second kappa shape index (κ2) is 4.84. The first-order chi connectivity index (χ1) is 6.96. The Bertz CT molecular complexity index is 395. The molecule has 5 nitrogen and oxygen atoms in total. The topological polar surface area (TPSA) is 83.8 Å². The van der Waals surface area contributed by atoms with Crippen LogP contribution in [0.5, 0.6) is 0 Å². The van der Waals surface area contributed by atoms with Crippen LogP contribution in [0.4, 0.5) is 14.6 Å². The summed E-state index contributed by atoms with van der Waals surface area (Å²) in [5.74, 6) is -2.87. The monoisotopic (exact) mass is 330 g/mol. The third-order valence-corrected chi connectivity index (χ3v) is 2.61. The summed E-state index contributed by atoms with van der Waals surface area (Å²) in [6, 6.07) is 0. The van der Waals surface area contributed by atoms with Crippen molar-refractivity contribution in [1.82, 2.24) is 9.97 Å². The summed E-state index contributed by atoms with van der Waals surface area (Å²) in [5.41, 5.74) is 4.49. The van der Waals surface area contributed by atoms with Crippen molar-refractivity contribution in [2.24, 2.45) is 5.73 Å². The van der Waals surface area contributed by atoms with Gasteiger partial charge in [0.2, 0.25) is 0 Å². The summed E-state index contributed by atoms with van der Waals surface area (Å²) in [4.78, 5) is 17.1. The molecule has 4 N–H and O–H groups in total. The van der Waals surface area contributed by atoms with Gasteiger partial charge in [-0.3, -0.25) is 4.79 Å². The van der Waals surface area contributed by atoms with Crippen molar-refractivity contribution >= 4 is 28.4 Å². The highest BCUT2D eigenvalue weighted by Gasteiger charge is 2.26. The van der Waals surface area contributed by atoms with E-state index in [9.17, 15) is 13.6 Å². The molecule has 1 heterocycles. The Morgan fingerprint density at radius 3 is 2.93 bits per heavy atom. The number of halogens is 3. The van der Waals surface area contributed by atoms with E-state index in [1.54, 1.807) is 22.6 Å². The van der Waals surface area contributed by atoms with Crippen molar-refractivity contribution < 1.29 is 8.78 Å². The zero-order valence-corrected chi connectivity index (χ0v) is 9.72. The van der Waals surface area contributed by atoms with Gasteiger partial charge in [-0.05, 0) is 22.6 Å². The van der Waals surface area contributed by atoms with Gasteiger partial charge in [-0.15, -0.1) is 0 Å². The molecule has 0 radical (unpaired) electrons. The minimum Gasteiger partial charge on any atom is -0.363 e. The van der Waals surface area contributed by atoms with E-state index in [0.29, 0.717) is 0 Å². The van der Waals surface area contributed by atoms with E-state index >= 15 is 0 Å². The van der Waals surface area contributed by atoms with Gasteiger partial charge in [-0.2, -0.15) is 0 Å². The molecular weight excluding hydrogens is 321 g/mol. The molecule has 0 unspecified atom stereocenters. The van der Waals surface area contributed by atoms with Gasteiger partial charge >= 0.3 is 0 Å². The van der Waals surface area contributed by atoms with Crippen LogP contribution in [0.25, 0.3) is 0 Å². The van der Waals surface area contributed by atoms with Crippen molar-refractivity contribution in [3.8, 4) is 0 Å². The largest absolute Gasteiger partial charge is 0.363 e. The standard InChI is InChI=1S/C7H9F2IN4O/c8-7(9,1-11)2-12-5-4(10)6(15)14-3-13-5/h3H,1-2,11H2,(H2,12,13,14,15). The Balaban J connectivity index is 2.74. The molecule has 0 saturated carbocycles. The van der Waals surface area contributed by atoms with Gasteiger partial charge < -0.3 is 16.0 Å². The lowest BCUT2D eigenvalue weighted by Crippen LogP contribution is -2.36. The summed E-state index contributed by atoms with van der Waals surface area (Å²) in [7, 11) is 0. The number of nitrogens with one attached hydrogen (secondary N) is 2. The van der Waals surface area contributed by atoms with E-state index < -0.39 is 19.0 Å². The molecule has 0 atom stereocenters. The van der Waals surface area contributed by atoms with Gasteiger partial charge in [0, 0.05) is 0 Å². The van der Waals surface area contributed by atoms with Crippen molar-refractivity contribution in [3.05, 3.63) is 20.3 Å². The molecule has 0 aliphatic rings. The Morgan fingerprint density at radius 2 is 2.33 bits per heavy atom. The van der Waals surface area contributed by atoms with Gasteiger partial charge in [0.25, 0.3) is 11.5 Å². The molecule has 0 spiro atoms. The zero-order chi connectivity index (χ0) is 11.5. The zero-order valence-electron chi connectivity index (χ0n) is 7.56. The van der Waals surface area contributed by atoms with Crippen molar-refractivity contribution in [1.29, 1.82) is 0 Å². The molecular formula is C7H9F2IN4O. The number of aromatic nitrogens is 2. The first-order valence-electron chi connectivity index (χ1n) is 4.01. The number of H-pyrrole nitrogens is 1. The lowest BCUT2D eigenvalue weighted by Gasteiger charge is -2.15. The average molecular weight is 330 g/mol. The minimum absolute atomic E-state index is 0.132. The van der Waals surface area contributed by atoms with Crippen LogP contribution in [0, 0.1) is 3.57 Å². The van der Waals surface area contributed by atoms with Crippen LogP contribution in [0.1, 0.15) is 0 Å². The number of alkyl halides is 2. The molecule has 84 valence electrons. The maximum atomic E-state index is 12.8. The quantitative estimate of drug-likeness (QED) is 0.697. The first-order valence-corrected chi connectivity index (χ1v) is 5.09. The van der Waals surface area contributed by atoms with Crippen LogP contribution in [-0.4, -0.2) is 29.0 Å². The molecule has 0 fully saturated rings. The minimum atomic E-state index is -3.01. The molecule has 0 aliphatic carbocycles. The van der Waals surface area contributed by atoms with E-state index in [2.05, 4.69) is 15.3 Å². The van der Waals surface area contributed by atoms with Crippen molar-refractivity contribution in [2.75, 3.05) is 18.4 Å². The van der Waals surface area contributed by atoms with E-state index in [1.807, 2.05) is 0 Å². The number of hydrogen-bond acceptors (Lipinski definition) is 4. The Labute approximate surface area is 97.6 Å². The highest BCUT2D eigenvalue weighted by molar-refractivity contribution is 14.1. The Kier molecular flexibility index (Phi) is 3.97. The van der Waals surface area contributed by atoms with Crippen molar-refractivity contribution in [3.63, 3.8) is 0 Å². The number of hydrogen-bond donors (Lipinski definition) is 3. The maximum Gasteiger partial charge on any atom is 0.276 e. The lowest BCUT2D eigenvalue weighted by molar-refractivity contribution is 0.0253. The summed E-state index contributed by atoms with van der Waals surface area (Å²) in [6.07, 6.45) is 1.15. The summed E-state index contributed by atoms with van der Waals surface area (Å²) in [5, 5.41) is 2.38.